The van der Waals surface area contributed by atoms with Crippen LogP contribution in [0.3, 0.4) is 0 Å². The second-order valence-electron chi connectivity index (χ2n) is 6.59. The molecular formula is C21H17FN4O5. The lowest BCUT2D eigenvalue weighted by molar-refractivity contribution is 0.0935. The second kappa shape index (κ2) is 8.57. The molecule has 1 aliphatic heterocycles. The molecule has 3 aromatic rings. The van der Waals surface area contributed by atoms with Gasteiger partial charge in [0.2, 0.25) is 6.79 Å². The number of benzene rings is 2. The average Bonchev–Trinajstić information content (AvgIpc) is 3.21. The van der Waals surface area contributed by atoms with Gasteiger partial charge < -0.3 is 19.4 Å². The number of urea groups is 1. The third-order valence-electron chi connectivity index (χ3n) is 4.43. The lowest BCUT2D eigenvalue weighted by Crippen LogP contribution is -2.45. The third kappa shape index (κ3) is 4.64. The minimum atomic E-state index is -0.792. The fraction of sp³-hybridized carbons (Fsp3) is 0.0952. The summed E-state index contributed by atoms with van der Waals surface area (Å²) < 4.78 is 25.1. The molecule has 0 fully saturated rings. The molecule has 2 aromatic carbocycles. The number of hydrazine groups is 1. The van der Waals surface area contributed by atoms with Gasteiger partial charge in [0.15, 0.2) is 11.5 Å². The van der Waals surface area contributed by atoms with Gasteiger partial charge >= 0.3 is 6.03 Å². The molecule has 1 aliphatic rings. The molecule has 31 heavy (non-hydrogen) atoms. The highest BCUT2D eigenvalue weighted by Gasteiger charge is 2.16. The van der Waals surface area contributed by atoms with Gasteiger partial charge in [-0.25, -0.2) is 14.6 Å². The van der Waals surface area contributed by atoms with Crippen LogP contribution in [0.4, 0.5) is 14.9 Å². The Balaban J connectivity index is 1.38. The molecule has 0 radical (unpaired) electrons. The van der Waals surface area contributed by atoms with Crippen LogP contribution in [-0.4, -0.2) is 23.3 Å². The van der Waals surface area contributed by atoms with Crippen molar-refractivity contribution < 1.29 is 23.5 Å². The maximum atomic E-state index is 13.4. The molecule has 9 nitrogen and oxygen atoms in total. The van der Waals surface area contributed by atoms with E-state index in [0.717, 1.165) is 0 Å². The first kappa shape index (κ1) is 20.0. The topological polar surface area (TPSA) is 111 Å². The van der Waals surface area contributed by atoms with E-state index in [4.69, 9.17) is 9.47 Å². The molecule has 0 spiro atoms. The number of rotatable bonds is 4. The number of carbonyl (C=O) groups excluding carboxylic acids is 2. The van der Waals surface area contributed by atoms with Gasteiger partial charge in [0.05, 0.1) is 6.54 Å². The van der Waals surface area contributed by atoms with Crippen molar-refractivity contribution in [2.24, 2.45) is 0 Å². The van der Waals surface area contributed by atoms with Crippen molar-refractivity contribution in [2.45, 2.75) is 6.54 Å². The summed E-state index contributed by atoms with van der Waals surface area (Å²) in [6.45, 7) is 0.199. The molecule has 2 heterocycles. The first-order chi connectivity index (χ1) is 15.0. The monoisotopic (exact) mass is 424 g/mol. The summed E-state index contributed by atoms with van der Waals surface area (Å²) in [5.74, 6) is -0.153. The Hall–Kier alpha value is -4.34. The number of hydrogen-bond donors (Lipinski definition) is 3. The van der Waals surface area contributed by atoms with Gasteiger partial charge in [0.1, 0.15) is 11.4 Å². The van der Waals surface area contributed by atoms with Crippen molar-refractivity contribution >= 4 is 17.6 Å². The lowest BCUT2D eigenvalue weighted by Gasteiger charge is -2.11. The summed E-state index contributed by atoms with van der Waals surface area (Å²) in [5, 5.41) is 2.52. The standard InChI is InChI=1S/C21H17FN4O5/c22-14-4-1-3-13(9-14)11-26-8-2-5-16(20(26)28)19(27)24-25-21(29)23-15-6-7-17-18(10-15)31-12-30-17/h1-10H,11-12H2,(H,24,27)(H2,23,25,29). The molecule has 0 saturated carbocycles. The molecule has 1 aromatic heterocycles. The van der Waals surface area contributed by atoms with Gasteiger partial charge in [0, 0.05) is 18.0 Å². The number of hydrogen-bond acceptors (Lipinski definition) is 5. The highest BCUT2D eigenvalue weighted by molar-refractivity contribution is 5.96. The Labute approximate surface area is 175 Å². The van der Waals surface area contributed by atoms with Crippen LogP contribution in [0.1, 0.15) is 15.9 Å². The van der Waals surface area contributed by atoms with Crippen LogP contribution in [-0.2, 0) is 6.54 Å². The molecule has 0 saturated heterocycles. The molecule has 0 unspecified atom stereocenters. The van der Waals surface area contributed by atoms with E-state index in [2.05, 4.69) is 16.2 Å². The molecule has 0 bridgehead atoms. The number of pyridine rings is 1. The summed E-state index contributed by atoms with van der Waals surface area (Å²) in [5.41, 5.74) is 4.60. The summed E-state index contributed by atoms with van der Waals surface area (Å²) in [6, 6.07) is 12.8. The maximum Gasteiger partial charge on any atom is 0.337 e. The van der Waals surface area contributed by atoms with Gasteiger partial charge in [-0.05, 0) is 42.0 Å². The summed E-state index contributed by atoms with van der Waals surface area (Å²) >= 11 is 0. The predicted octanol–water partition coefficient (Wildman–Crippen LogP) is 2.23. The van der Waals surface area contributed by atoms with Crippen molar-refractivity contribution in [3.63, 3.8) is 0 Å². The summed E-state index contributed by atoms with van der Waals surface area (Å²) in [7, 11) is 0. The first-order valence-corrected chi connectivity index (χ1v) is 9.20. The predicted molar refractivity (Wildman–Crippen MR) is 108 cm³/mol. The largest absolute Gasteiger partial charge is 0.454 e. The zero-order chi connectivity index (χ0) is 21.8. The molecule has 0 aliphatic carbocycles. The SMILES string of the molecule is O=C(NNC(=O)c1cccn(Cc2cccc(F)c2)c1=O)Nc1ccc2c(c1)OCO2. The fourth-order valence-corrected chi connectivity index (χ4v) is 2.98. The van der Waals surface area contributed by atoms with Crippen LogP contribution in [0.2, 0.25) is 0 Å². The Bertz CT molecular complexity index is 1210. The van der Waals surface area contributed by atoms with E-state index < -0.39 is 23.3 Å². The lowest BCUT2D eigenvalue weighted by atomic mass is 10.2. The summed E-state index contributed by atoms with van der Waals surface area (Å²) in [4.78, 5) is 37.0. The number of nitrogens with zero attached hydrogens (tertiary/aromatic N) is 1. The maximum absolute atomic E-state index is 13.4. The molecule has 4 rings (SSSR count). The van der Waals surface area contributed by atoms with Gasteiger partial charge in [-0.1, -0.05) is 12.1 Å². The molecule has 158 valence electrons. The van der Waals surface area contributed by atoms with E-state index in [1.807, 2.05) is 0 Å². The highest BCUT2D eigenvalue weighted by atomic mass is 19.1. The molecule has 3 amide bonds. The van der Waals surface area contributed by atoms with Crippen LogP contribution in [0.5, 0.6) is 11.5 Å². The number of ether oxygens (including phenoxy) is 2. The number of aromatic nitrogens is 1. The number of amides is 3. The third-order valence-corrected chi connectivity index (χ3v) is 4.43. The van der Waals surface area contributed by atoms with Crippen LogP contribution in [0.15, 0.2) is 65.6 Å². The number of halogens is 1. The first-order valence-electron chi connectivity index (χ1n) is 9.20. The van der Waals surface area contributed by atoms with E-state index in [0.29, 0.717) is 22.7 Å². The quantitative estimate of drug-likeness (QED) is 0.557. The molecular weight excluding hydrogens is 407 g/mol. The van der Waals surface area contributed by atoms with Crippen LogP contribution in [0, 0.1) is 5.82 Å². The number of fused-ring (bicyclic) bond motifs is 1. The van der Waals surface area contributed by atoms with Gasteiger partial charge in [0.25, 0.3) is 11.5 Å². The van der Waals surface area contributed by atoms with Gasteiger partial charge in [-0.15, -0.1) is 0 Å². The van der Waals surface area contributed by atoms with E-state index >= 15 is 0 Å². The number of nitrogens with one attached hydrogen (secondary N) is 3. The number of anilines is 1. The minimum absolute atomic E-state index is 0.0930. The average molecular weight is 424 g/mol. The van der Waals surface area contributed by atoms with Gasteiger partial charge in [-0.3, -0.25) is 15.0 Å². The smallest absolute Gasteiger partial charge is 0.337 e. The zero-order valence-electron chi connectivity index (χ0n) is 16.1. The molecule has 3 N–H and O–H groups in total. The fourth-order valence-electron chi connectivity index (χ4n) is 2.98. The van der Waals surface area contributed by atoms with E-state index in [1.54, 1.807) is 24.3 Å². The van der Waals surface area contributed by atoms with Crippen molar-refractivity contribution in [2.75, 3.05) is 12.1 Å². The van der Waals surface area contributed by atoms with Crippen molar-refractivity contribution in [1.29, 1.82) is 0 Å². The van der Waals surface area contributed by atoms with E-state index in [1.165, 1.54) is 41.1 Å². The van der Waals surface area contributed by atoms with Crippen molar-refractivity contribution in [3.05, 3.63) is 88.1 Å². The minimum Gasteiger partial charge on any atom is -0.454 e. The second-order valence-corrected chi connectivity index (χ2v) is 6.59. The Morgan fingerprint density at radius 2 is 1.84 bits per heavy atom. The van der Waals surface area contributed by atoms with Crippen LogP contribution >= 0.6 is 0 Å². The van der Waals surface area contributed by atoms with Crippen LogP contribution in [0.25, 0.3) is 0 Å². The molecule has 0 atom stereocenters. The number of carbonyl (C=O) groups is 2. The van der Waals surface area contributed by atoms with Crippen LogP contribution < -0.4 is 31.2 Å². The Morgan fingerprint density at radius 3 is 2.68 bits per heavy atom. The summed E-state index contributed by atoms with van der Waals surface area (Å²) in [6.07, 6.45) is 1.49. The molecule has 10 heteroatoms. The van der Waals surface area contributed by atoms with Gasteiger partial charge in [-0.2, -0.15) is 0 Å². The van der Waals surface area contributed by atoms with Crippen molar-refractivity contribution in [3.8, 4) is 11.5 Å². The highest BCUT2D eigenvalue weighted by Crippen LogP contribution is 2.34. The normalized spacial score (nSPS) is 11.6. The Kier molecular flexibility index (Phi) is 5.52. The van der Waals surface area contributed by atoms with Crippen molar-refractivity contribution in [1.82, 2.24) is 15.4 Å². The Morgan fingerprint density at radius 1 is 1.00 bits per heavy atom. The zero-order valence-corrected chi connectivity index (χ0v) is 16.1. The van der Waals surface area contributed by atoms with E-state index in [9.17, 15) is 18.8 Å². The van der Waals surface area contributed by atoms with E-state index in [-0.39, 0.29) is 18.9 Å².